The molecule has 250 valence electrons. The Morgan fingerprint density at radius 1 is 0.979 bits per heavy atom. The van der Waals surface area contributed by atoms with E-state index in [2.05, 4.69) is 20.0 Å². The molecular weight excluding hydrogens is 612 g/mol. The summed E-state index contributed by atoms with van der Waals surface area (Å²) in [7, 11) is -4.20. The maximum atomic E-state index is 13.5. The number of aryl methyl sites for hydroxylation is 2. The van der Waals surface area contributed by atoms with Crippen molar-refractivity contribution in [3.05, 3.63) is 65.2 Å². The third kappa shape index (κ3) is 7.33. The van der Waals surface area contributed by atoms with E-state index in [4.69, 9.17) is 4.74 Å². The number of carboxylic acid groups (broad SMARTS) is 1. The highest BCUT2D eigenvalue weighted by Gasteiger charge is 2.54. The number of ether oxygens (including phenoxy) is 1. The van der Waals surface area contributed by atoms with Crippen LogP contribution in [0.15, 0.2) is 53.4 Å². The van der Waals surface area contributed by atoms with E-state index < -0.39 is 16.0 Å². The molecule has 0 unspecified atom stereocenters. The van der Waals surface area contributed by atoms with E-state index in [9.17, 15) is 18.3 Å². The molecule has 2 aromatic carbocycles. The van der Waals surface area contributed by atoms with Crippen LogP contribution in [-0.2, 0) is 10.0 Å². The first-order valence-electron chi connectivity index (χ1n) is 17.3. The van der Waals surface area contributed by atoms with Crippen LogP contribution in [0.4, 0.5) is 5.95 Å². The predicted octanol–water partition coefficient (Wildman–Crippen LogP) is 7.29. The minimum Gasteiger partial charge on any atom is -0.478 e. The van der Waals surface area contributed by atoms with Crippen molar-refractivity contribution in [1.82, 2.24) is 15.3 Å². The zero-order valence-electron chi connectivity index (χ0n) is 27.4. The van der Waals surface area contributed by atoms with E-state index in [0.717, 1.165) is 42.0 Å². The number of carboxylic acids is 1. The van der Waals surface area contributed by atoms with Crippen LogP contribution >= 0.6 is 0 Å². The largest absolute Gasteiger partial charge is 0.478 e. The minimum absolute atomic E-state index is 0.0786. The SMILES string of the molecule is Cc1cccc(C)c1-c1cc(O[C@H](C2CC2)[C@@H](CC2CCCCC2)NC2CC3(CC3)C2)nc(NS(=O)(=O)c2cccc(C(=O)O)c2)n1. The highest BCUT2D eigenvalue weighted by molar-refractivity contribution is 7.92. The molecule has 3 aromatic rings. The standard InChI is InChI=1S/C37H46N4O5S/c1-23-8-6-9-24(2)33(23)30-20-32(40-36(39-30)41-47(44,45)29-13-7-12-27(19-29)35(42)43)46-34(26-14-15-26)31(18-25-10-4-3-5-11-25)38-28-21-37(22-28)16-17-37/h6-9,12-13,19-20,25-26,28,31,34,38H,3-5,10-11,14-18,21-22H2,1-2H3,(H,42,43)(H,39,40,41)/t31-,34-/m1/s1. The molecule has 4 aliphatic carbocycles. The van der Waals surface area contributed by atoms with Gasteiger partial charge in [0.05, 0.1) is 16.2 Å². The number of hydrogen-bond donors (Lipinski definition) is 3. The molecule has 0 amide bonds. The van der Waals surface area contributed by atoms with Crippen molar-refractivity contribution in [1.29, 1.82) is 0 Å². The summed E-state index contributed by atoms with van der Waals surface area (Å²) in [4.78, 5) is 20.7. The summed E-state index contributed by atoms with van der Waals surface area (Å²) in [6.07, 6.45) is 14.9. The van der Waals surface area contributed by atoms with Gasteiger partial charge in [0.15, 0.2) is 0 Å². The summed E-state index contributed by atoms with van der Waals surface area (Å²) in [5.74, 6) is 0.128. The lowest BCUT2D eigenvalue weighted by atomic mass is 9.75. The molecule has 4 fully saturated rings. The zero-order chi connectivity index (χ0) is 32.8. The fourth-order valence-corrected chi connectivity index (χ4v) is 8.98. The number of aromatic carboxylic acids is 1. The molecule has 4 aliphatic rings. The van der Waals surface area contributed by atoms with Crippen LogP contribution in [0.25, 0.3) is 11.3 Å². The van der Waals surface area contributed by atoms with Crippen LogP contribution in [0.1, 0.15) is 98.5 Å². The van der Waals surface area contributed by atoms with E-state index >= 15 is 0 Å². The van der Waals surface area contributed by atoms with Gasteiger partial charge in [-0.05, 0) is 105 Å². The molecule has 47 heavy (non-hydrogen) atoms. The van der Waals surface area contributed by atoms with Gasteiger partial charge in [-0.25, -0.2) is 22.9 Å². The van der Waals surface area contributed by atoms with Crippen LogP contribution in [-0.4, -0.2) is 47.6 Å². The quantitative estimate of drug-likeness (QED) is 0.175. The van der Waals surface area contributed by atoms with Gasteiger partial charge in [0.2, 0.25) is 11.8 Å². The number of benzene rings is 2. The third-order valence-electron chi connectivity index (χ3n) is 10.9. The maximum absolute atomic E-state index is 13.5. The molecule has 2 atom stereocenters. The molecule has 1 spiro atoms. The smallest absolute Gasteiger partial charge is 0.335 e. The Kier molecular flexibility index (Phi) is 8.76. The fourth-order valence-electron chi connectivity index (χ4n) is 7.99. The van der Waals surface area contributed by atoms with Crippen molar-refractivity contribution in [3.8, 4) is 17.1 Å². The Morgan fingerprint density at radius 3 is 2.34 bits per heavy atom. The lowest BCUT2D eigenvalue weighted by Gasteiger charge is -2.42. The van der Waals surface area contributed by atoms with Gasteiger partial charge >= 0.3 is 5.97 Å². The third-order valence-corrected chi connectivity index (χ3v) is 12.2. The molecule has 0 radical (unpaired) electrons. The molecule has 9 nitrogen and oxygen atoms in total. The molecule has 3 N–H and O–H groups in total. The van der Waals surface area contributed by atoms with Crippen LogP contribution in [0.5, 0.6) is 5.88 Å². The number of rotatable bonds is 13. The van der Waals surface area contributed by atoms with Crippen LogP contribution in [0, 0.1) is 31.1 Å². The Hall–Kier alpha value is -3.50. The van der Waals surface area contributed by atoms with Gasteiger partial charge in [0, 0.05) is 23.7 Å². The van der Waals surface area contributed by atoms with Crippen molar-refractivity contribution in [2.75, 3.05) is 4.72 Å². The number of aromatic nitrogens is 2. The number of carbonyl (C=O) groups is 1. The van der Waals surface area contributed by atoms with Crippen molar-refractivity contribution in [2.45, 2.75) is 114 Å². The summed E-state index contributed by atoms with van der Waals surface area (Å²) in [5, 5.41) is 13.5. The van der Waals surface area contributed by atoms with E-state index in [1.807, 2.05) is 38.1 Å². The second-order valence-electron chi connectivity index (χ2n) is 14.7. The van der Waals surface area contributed by atoms with Gasteiger partial charge in [-0.2, -0.15) is 4.98 Å². The monoisotopic (exact) mass is 658 g/mol. The van der Waals surface area contributed by atoms with E-state index in [1.165, 1.54) is 76.0 Å². The first kappa shape index (κ1) is 32.1. The van der Waals surface area contributed by atoms with Gasteiger partial charge in [0.25, 0.3) is 10.0 Å². The Labute approximate surface area is 278 Å². The van der Waals surface area contributed by atoms with Crippen molar-refractivity contribution >= 4 is 21.9 Å². The minimum atomic E-state index is -4.20. The van der Waals surface area contributed by atoms with E-state index in [0.29, 0.717) is 34.9 Å². The molecular formula is C37H46N4O5S. The summed E-state index contributed by atoms with van der Waals surface area (Å²) in [5.41, 5.74) is 3.97. The van der Waals surface area contributed by atoms with Gasteiger partial charge in [-0.1, -0.05) is 56.4 Å². The highest BCUT2D eigenvalue weighted by Crippen LogP contribution is 2.60. The summed E-state index contributed by atoms with van der Waals surface area (Å²) in [6, 6.07) is 13.8. The normalized spacial score (nSPS) is 20.7. The summed E-state index contributed by atoms with van der Waals surface area (Å²) in [6.45, 7) is 4.02. The average molecular weight is 659 g/mol. The second kappa shape index (κ2) is 12.8. The van der Waals surface area contributed by atoms with Crippen LogP contribution in [0.2, 0.25) is 0 Å². The first-order chi connectivity index (χ1) is 22.6. The Balaban J connectivity index is 1.22. The molecule has 0 bridgehead atoms. The zero-order valence-corrected chi connectivity index (χ0v) is 28.2. The van der Waals surface area contributed by atoms with Gasteiger partial charge in [0.1, 0.15) is 6.10 Å². The molecule has 10 heteroatoms. The van der Waals surface area contributed by atoms with Gasteiger partial charge in [-0.15, -0.1) is 0 Å². The highest BCUT2D eigenvalue weighted by atomic mass is 32.2. The average Bonchev–Trinajstić information content (AvgIpc) is 3.95. The molecule has 7 rings (SSSR count). The molecule has 1 aromatic heterocycles. The lowest BCUT2D eigenvalue weighted by molar-refractivity contribution is 0.0696. The summed E-state index contributed by atoms with van der Waals surface area (Å²) >= 11 is 0. The fraction of sp³-hybridized carbons (Fsp3) is 0.541. The number of nitrogens with zero attached hydrogens (tertiary/aromatic N) is 2. The number of sulfonamides is 1. The van der Waals surface area contributed by atoms with Crippen LogP contribution in [0.3, 0.4) is 0 Å². The van der Waals surface area contributed by atoms with Crippen LogP contribution < -0.4 is 14.8 Å². The van der Waals surface area contributed by atoms with Gasteiger partial charge in [-0.3, -0.25) is 0 Å². The number of anilines is 1. The summed E-state index contributed by atoms with van der Waals surface area (Å²) < 4.78 is 36.5. The second-order valence-corrected chi connectivity index (χ2v) is 16.3. The molecule has 0 aliphatic heterocycles. The molecule has 1 heterocycles. The Morgan fingerprint density at radius 2 is 1.68 bits per heavy atom. The Bertz CT molecular complexity index is 1720. The van der Waals surface area contributed by atoms with E-state index in [1.54, 1.807) is 0 Å². The van der Waals surface area contributed by atoms with Crippen molar-refractivity contribution < 1.29 is 23.1 Å². The van der Waals surface area contributed by atoms with Crippen molar-refractivity contribution in [3.63, 3.8) is 0 Å². The molecule has 0 saturated heterocycles. The number of nitrogens with one attached hydrogen (secondary N) is 2. The molecule has 4 saturated carbocycles. The van der Waals surface area contributed by atoms with Crippen molar-refractivity contribution in [2.24, 2.45) is 17.3 Å². The van der Waals surface area contributed by atoms with E-state index in [-0.39, 0.29) is 28.6 Å². The van der Waals surface area contributed by atoms with Gasteiger partial charge < -0.3 is 15.2 Å². The topological polar surface area (TPSA) is 131 Å². The number of hydrogen-bond acceptors (Lipinski definition) is 7. The lowest BCUT2D eigenvalue weighted by Crippen LogP contribution is -2.54. The maximum Gasteiger partial charge on any atom is 0.335 e. The first-order valence-corrected chi connectivity index (χ1v) is 18.8. The predicted molar refractivity (Wildman–Crippen MR) is 181 cm³/mol.